The van der Waals surface area contributed by atoms with Crippen molar-refractivity contribution < 1.29 is 9.31 Å². The molecule has 0 bridgehead atoms. The molecule has 1 aliphatic rings. The van der Waals surface area contributed by atoms with Crippen LogP contribution in [0.4, 0.5) is 21.5 Å². The van der Waals surface area contributed by atoms with E-state index in [4.69, 9.17) is 5.26 Å². The SMILES string of the molecule is N#Cc1ccc(N2CCCC(Nc3ccc([N+](=O)[O-])cc3C#N)C2)c(F)c1. The van der Waals surface area contributed by atoms with Gasteiger partial charge < -0.3 is 10.2 Å². The predicted octanol–water partition coefficient (Wildman–Crippen LogP) is 3.56. The first kappa shape index (κ1) is 18.2. The lowest BCUT2D eigenvalue weighted by atomic mass is 10.0. The summed E-state index contributed by atoms with van der Waals surface area (Å²) in [5.74, 6) is -0.442. The number of anilines is 2. The maximum atomic E-state index is 14.3. The number of nitrogens with one attached hydrogen (secondary N) is 1. The molecule has 1 fully saturated rings. The van der Waals surface area contributed by atoms with E-state index in [1.54, 1.807) is 12.1 Å². The maximum absolute atomic E-state index is 14.3. The van der Waals surface area contributed by atoms with Crippen LogP contribution in [0.1, 0.15) is 24.0 Å². The van der Waals surface area contributed by atoms with Gasteiger partial charge in [-0.05, 0) is 37.1 Å². The van der Waals surface area contributed by atoms with Crippen molar-refractivity contribution in [3.63, 3.8) is 0 Å². The van der Waals surface area contributed by atoms with Crippen molar-refractivity contribution in [2.24, 2.45) is 0 Å². The minimum atomic E-state index is -0.541. The van der Waals surface area contributed by atoms with Gasteiger partial charge in [0, 0.05) is 31.3 Å². The number of nitrogens with zero attached hydrogens (tertiary/aromatic N) is 4. The number of hydrogen-bond donors (Lipinski definition) is 1. The number of hydrogen-bond acceptors (Lipinski definition) is 6. The summed E-state index contributed by atoms with van der Waals surface area (Å²) >= 11 is 0. The van der Waals surface area contributed by atoms with Crippen LogP contribution in [0.3, 0.4) is 0 Å². The molecule has 8 heteroatoms. The first-order chi connectivity index (χ1) is 13.0. The van der Waals surface area contributed by atoms with Crippen molar-refractivity contribution >= 4 is 17.1 Å². The lowest BCUT2D eigenvalue weighted by Crippen LogP contribution is -2.42. The van der Waals surface area contributed by atoms with Crippen LogP contribution in [0.5, 0.6) is 0 Å². The first-order valence-electron chi connectivity index (χ1n) is 8.41. The average Bonchev–Trinajstić information content (AvgIpc) is 2.68. The third-order valence-corrected chi connectivity index (χ3v) is 4.53. The molecule has 0 spiro atoms. The highest BCUT2D eigenvalue weighted by Gasteiger charge is 2.23. The second-order valence-electron chi connectivity index (χ2n) is 6.31. The lowest BCUT2D eigenvalue weighted by Gasteiger charge is -2.35. The van der Waals surface area contributed by atoms with Gasteiger partial charge in [0.2, 0.25) is 0 Å². The molecule has 0 aliphatic carbocycles. The van der Waals surface area contributed by atoms with Crippen molar-refractivity contribution in [3.8, 4) is 12.1 Å². The molecule has 27 heavy (non-hydrogen) atoms. The molecule has 0 radical (unpaired) electrons. The Kier molecular flexibility index (Phi) is 5.18. The van der Waals surface area contributed by atoms with Gasteiger partial charge in [0.25, 0.3) is 5.69 Å². The van der Waals surface area contributed by atoms with Crippen LogP contribution < -0.4 is 10.2 Å². The van der Waals surface area contributed by atoms with Gasteiger partial charge in [0.15, 0.2) is 0 Å². The molecule has 2 aromatic rings. The van der Waals surface area contributed by atoms with E-state index < -0.39 is 10.7 Å². The van der Waals surface area contributed by atoms with E-state index >= 15 is 0 Å². The van der Waals surface area contributed by atoms with Gasteiger partial charge in [-0.25, -0.2) is 4.39 Å². The Bertz CT molecular complexity index is 964. The molecule has 0 saturated carbocycles. The minimum Gasteiger partial charge on any atom is -0.379 e. The summed E-state index contributed by atoms with van der Waals surface area (Å²) < 4.78 is 14.3. The third-order valence-electron chi connectivity index (χ3n) is 4.53. The number of nitro benzene ring substituents is 1. The van der Waals surface area contributed by atoms with Crippen LogP contribution in [0, 0.1) is 38.6 Å². The summed E-state index contributed by atoms with van der Waals surface area (Å²) in [6, 6.07) is 12.4. The number of nitriles is 2. The number of halogens is 1. The number of non-ortho nitro benzene ring substituents is 1. The lowest BCUT2D eigenvalue weighted by molar-refractivity contribution is -0.384. The van der Waals surface area contributed by atoms with Gasteiger partial charge in [-0.3, -0.25) is 10.1 Å². The number of nitro groups is 1. The Morgan fingerprint density at radius 3 is 2.70 bits per heavy atom. The van der Waals surface area contributed by atoms with E-state index in [1.165, 1.54) is 24.3 Å². The molecule has 0 amide bonds. The van der Waals surface area contributed by atoms with Crippen molar-refractivity contribution in [2.45, 2.75) is 18.9 Å². The van der Waals surface area contributed by atoms with Crippen LogP contribution in [-0.4, -0.2) is 24.1 Å². The topological polar surface area (TPSA) is 106 Å². The Hall–Kier alpha value is -3.65. The molecular formula is C19H16FN5O2. The number of piperidine rings is 1. The van der Waals surface area contributed by atoms with E-state index in [0.29, 0.717) is 24.5 Å². The Morgan fingerprint density at radius 1 is 1.22 bits per heavy atom. The predicted molar refractivity (Wildman–Crippen MR) is 97.8 cm³/mol. The highest BCUT2D eigenvalue weighted by Crippen LogP contribution is 2.27. The zero-order chi connectivity index (χ0) is 19.4. The molecule has 136 valence electrons. The second-order valence-corrected chi connectivity index (χ2v) is 6.31. The van der Waals surface area contributed by atoms with Gasteiger partial charge in [-0.2, -0.15) is 10.5 Å². The van der Waals surface area contributed by atoms with Crippen LogP contribution in [0.15, 0.2) is 36.4 Å². The van der Waals surface area contributed by atoms with Crippen LogP contribution >= 0.6 is 0 Å². The van der Waals surface area contributed by atoms with Gasteiger partial charge in [0.1, 0.15) is 11.9 Å². The molecule has 2 aromatic carbocycles. The zero-order valence-corrected chi connectivity index (χ0v) is 14.4. The van der Waals surface area contributed by atoms with Gasteiger partial charge in [0.05, 0.1) is 33.5 Å². The smallest absolute Gasteiger partial charge is 0.270 e. The van der Waals surface area contributed by atoms with Gasteiger partial charge >= 0.3 is 0 Å². The van der Waals surface area contributed by atoms with Crippen molar-refractivity contribution in [1.82, 2.24) is 0 Å². The van der Waals surface area contributed by atoms with E-state index in [2.05, 4.69) is 5.32 Å². The molecule has 7 nitrogen and oxygen atoms in total. The maximum Gasteiger partial charge on any atom is 0.270 e. The molecule has 1 aliphatic heterocycles. The number of benzene rings is 2. The summed E-state index contributed by atoms with van der Waals surface area (Å²) in [5, 5.41) is 32.2. The first-order valence-corrected chi connectivity index (χ1v) is 8.41. The second kappa shape index (κ2) is 7.71. The average molecular weight is 365 g/mol. The normalized spacial score (nSPS) is 16.3. The minimum absolute atomic E-state index is 0.0395. The quantitative estimate of drug-likeness (QED) is 0.656. The fraction of sp³-hybridized carbons (Fsp3) is 0.263. The zero-order valence-electron chi connectivity index (χ0n) is 14.4. The van der Waals surface area contributed by atoms with Gasteiger partial charge in [-0.1, -0.05) is 0 Å². The van der Waals surface area contributed by atoms with E-state index in [1.807, 2.05) is 17.0 Å². The summed E-state index contributed by atoms with van der Waals surface area (Å²) in [5.41, 5.74) is 1.29. The molecule has 1 N–H and O–H groups in total. The van der Waals surface area contributed by atoms with Crippen molar-refractivity contribution in [3.05, 3.63) is 63.5 Å². The Labute approximate surface area is 155 Å². The van der Waals surface area contributed by atoms with E-state index in [9.17, 15) is 19.8 Å². The summed E-state index contributed by atoms with van der Waals surface area (Å²) in [4.78, 5) is 12.2. The molecule has 1 saturated heterocycles. The Morgan fingerprint density at radius 2 is 2.04 bits per heavy atom. The molecule has 1 heterocycles. The molecule has 1 unspecified atom stereocenters. The fourth-order valence-electron chi connectivity index (χ4n) is 3.23. The molecule has 0 aromatic heterocycles. The van der Waals surface area contributed by atoms with Crippen LogP contribution in [-0.2, 0) is 0 Å². The van der Waals surface area contributed by atoms with E-state index in [0.717, 1.165) is 12.8 Å². The molecule has 1 atom stereocenters. The third kappa shape index (κ3) is 3.96. The van der Waals surface area contributed by atoms with Crippen LogP contribution in [0.25, 0.3) is 0 Å². The monoisotopic (exact) mass is 365 g/mol. The van der Waals surface area contributed by atoms with Crippen molar-refractivity contribution in [1.29, 1.82) is 10.5 Å². The number of rotatable bonds is 4. The highest BCUT2D eigenvalue weighted by atomic mass is 19.1. The van der Waals surface area contributed by atoms with Gasteiger partial charge in [-0.15, -0.1) is 0 Å². The Balaban J connectivity index is 1.77. The summed E-state index contributed by atoms with van der Waals surface area (Å²) in [6.07, 6.45) is 1.65. The summed E-state index contributed by atoms with van der Waals surface area (Å²) in [6.45, 7) is 1.21. The fourth-order valence-corrected chi connectivity index (χ4v) is 3.23. The van der Waals surface area contributed by atoms with Crippen LogP contribution in [0.2, 0.25) is 0 Å². The largest absolute Gasteiger partial charge is 0.379 e. The molecular weight excluding hydrogens is 349 g/mol. The summed E-state index contributed by atoms with van der Waals surface area (Å²) in [7, 11) is 0. The van der Waals surface area contributed by atoms with E-state index in [-0.39, 0.29) is 22.9 Å². The van der Waals surface area contributed by atoms with Crippen molar-refractivity contribution in [2.75, 3.05) is 23.3 Å². The standard InChI is InChI=1S/C19H16FN5O2/c20-17-8-13(10-21)3-6-19(17)24-7-1-2-15(12-24)23-18-5-4-16(25(26)27)9-14(18)11-22/h3-6,8-9,15,23H,1-2,7,12H2. The highest BCUT2D eigenvalue weighted by molar-refractivity contribution is 5.62. The molecule has 3 rings (SSSR count).